The van der Waals surface area contributed by atoms with E-state index in [1.807, 2.05) is 0 Å². The van der Waals surface area contributed by atoms with Gasteiger partial charge in [0.15, 0.2) is 0 Å². The molecule has 1 aliphatic heterocycles. The van der Waals surface area contributed by atoms with Gasteiger partial charge in [-0.3, -0.25) is 0 Å². The molecule has 1 heterocycles. The SMILES string of the molecule is OCC1CCCCC1CNCC1CCCOC1. The van der Waals surface area contributed by atoms with Gasteiger partial charge in [0.05, 0.1) is 6.61 Å². The van der Waals surface area contributed by atoms with Gasteiger partial charge in [0.1, 0.15) is 0 Å². The van der Waals surface area contributed by atoms with Crippen molar-refractivity contribution < 1.29 is 9.84 Å². The predicted octanol–water partition coefficient (Wildman–Crippen LogP) is 1.80. The van der Waals surface area contributed by atoms with Gasteiger partial charge in [-0.2, -0.15) is 0 Å². The maximum absolute atomic E-state index is 9.36. The second-order valence-corrected chi connectivity index (χ2v) is 5.73. The second kappa shape index (κ2) is 7.34. The minimum Gasteiger partial charge on any atom is -0.396 e. The molecule has 1 aliphatic carbocycles. The van der Waals surface area contributed by atoms with Gasteiger partial charge in [-0.05, 0) is 50.0 Å². The summed E-state index contributed by atoms with van der Waals surface area (Å²) in [5.74, 6) is 1.94. The van der Waals surface area contributed by atoms with Gasteiger partial charge in [0.25, 0.3) is 0 Å². The molecule has 0 bridgehead atoms. The predicted molar refractivity (Wildman–Crippen MR) is 68.9 cm³/mol. The average molecular weight is 241 g/mol. The third kappa shape index (κ3) is 4.23. The molecule has 3 atom stereocenters. The average Bonchev–Trinajstić information content (AvgIpc) is 2.40. The smallest absolute Gasteiger partial charge is 0.0506 e. The van der Waals surface area contributed by atoms with Crippen LogP contribution < -0.4 is 5.32 Å². The molecule has 0 amide bonds. The van der Waals surface area contributed by atoms with Crippen molar-refractivity contribution in [1.29, 1.82) is 0 Å². The highest BCUT2D eigenvalue weighted by Crippen LogP contribution is 2.29. The Morgan fingerprint density at radius 1 is 1.00 bits per heavy atom. The minimum absolute atomic E-state index is 0.374. The first-order valence-corrected chi connectivity index (χ1v) is 7.29. The molecular weight excluding hydrogens is 214 g/mol. The van der Waals surface area contributed by atoms with Crippen molar-refractivity contribution in [3.05, 3.63) is 0 Å². The molecule has 2 aliphatic rings. The van der Waals surface area contributed by atoms with Crippen LogP contribution in [-0.4, -0.2) is 38.0 Å². The summed E-state index contributed by atoms with van der Waals surface area (Å²) in [7, 11) is 0. The summed E-state index contributed by atoms with van der Waals surface area (Å²) < 4.78 is 5.49. The van der Waals surface area contributed by atoms with Crippen LogP contribution >= 0.6 is 0 Å². The topological polar surface area (TPSA) is 41.5 Å². The second-order valence-electron chi connectivity index (χ2n) is 5.73. The monoisotopic (exact) mass is 241 g/mol. The molecule has 0 aromatic rings. The normalized spacial score (nSPS) is 34.8. The summed E-state index contributed by atoms with van der Waals surface area (Å²) in [5, 5.41) is 13.0. The molecular formula is C14H27NO2. The van der Waals surface area contributed by atoms with Crippen molar-refractivity contribution in [2.24, 2.45) is 17.8 Å². The highest BCUT2D eigenvalue weighted by atomic mass is 16.5. The quantitative estimate of drug-likeness (QED) is 0.771. The number of hydrogen-bond donors (Lipinski definition) is 2. The lowest BCUT2D eigenvalue weighted by atomic mass is 9.79. The van der Waals surface area contributed by atoms with Crippen LogP contribution in [0.1, 0.15) is 38.5 Å². The van der Waals surface area contributed by atoms with Gasteiger partial charge in [0.2, 0.25) is 0 Å². The van der Waals surface area contributed by atoms with Crippen molar-refractivity contribution in [3.8, 4) is 0 Å². The third-order valence-electron chi connectivity index (χ3n) is 4.40. The van der Waals surface area contributed by atoms with Gasteiger partial charge in [0, 0.05) is 19.8 Å². The van der Waals surface area contributed by atoms with Crippen LogP contribution in [-0.2, 0) is 4.74 Å². The van der Waals surface area contributed by atoms with E-state index in [-0.39, 0.29) is 0 Å². The number of ether oxygens (including phenoxy) is 1. The van der Waals surface area contributed by atoms with Crippen LogP contribution in [0.15, 0.2) is 0 Å². The minimum atomic E-state index is 0.374. The molecule has 2 fully saturated rings. The lowest BCUT2D eigenvalue weighted by Gasteiger charge is -2.31. The summed E-state index contributed by atoms with van der Waals surface area (Å²) in [4.78, 5) is 0. The van der Waals surface area contributed by atoms with E-state index in [0.29, 0.717) is 24.4 Å². The van der Waals surface area contributed by atoms with E-state index < -0.39 is 0 Å². The molecule has 3 unspecified atom stereocenters. The maximum atomic E-state index is 9.36. The van der Waals surface area contributed by atoms with E-state index >= 15 is 0 Å². The van der Waals surface area contributed by atoms with Crippen molar-refractivity contribution >= 4 is 0 Å². The fraction of sp³-hybridized carbons (Fsp3) is 1.00. The van der Waals surface area contributed by atoms with Crippen LogP contribution in [0.3, 0.4) is 0 Å². The van der Waals surface area contributed by atoms with Crippen LogP contribution in [0.4, 0.5) is 0 Å². The first-order valence-electron chi connectivity index (χ1n) is 7.29. The Bertz CT molecular complexity index is 204. The Balaban J connectivity index is 1.62. The zero-order chi connectivity index (χ0) is 11.9. The first kappa shape index (κ1) is 13.3. The molecule has 2 N–H and O–H groups in total. The summed E-state index contributed by atoms with van der Waals surface area (Å²) in [6.45, 7) is 4.43. The number of hydrogen-bond acceptors (Lipinski definition) is 3. The van der Waals surface area contributed by atoms with Crippen LogP contribution in [0.5, 0.6) is 0 Å². The number of aliphatic hydroxyl groups is 1. The molecule has 0 aromatic carbocycles. The van der Waals surface area contributed by atoms with Crippen LogP contribution in [0.2, 0.25) is 0 Å². The molecule has 0 radical (unpaired) electrons. The zero-order valence-electron chi connectivity index (χ0n) is 10.9. The summed E-state index contributed by atoms with van der Waals surface area (Å²) in [5.41, 5.74) is 0. The van der Waals surface area contributed by atoms with E-state index in [1.165, 1.54) is 38.5 Å². The molecule has 2 rings (SSSR count). The Labute approximate surface area is 105 Å². The zero-order valence-corrected chi connectivity index (χ0v) is 10.9. The molecule has 0 aromatic heterocycles. The summed E-state index contributed by atoms with van der Waals surface area (Å²) in [6, 6.07) is 0. The fourth-order valence-electron chi connectivity index (χ4n) is 3.23. The highest BCUT2D eigenvalue weighted by Gasteiger charge is 2.24. The van der Waals surface area contributed by atoms with Gasteiger partial charge in [-0.1, -0.05) is 12.8 Å². The first-order chi connectivity index (χ1) is 8.40. The summed E-state index contributed by atoms with van der Waals surface area (Å²) >= 11 is 0. The third-order valence-corrected chi connectivity index (χ3v) is 4.40. The maximum Gasteiger partial charge on any atom is 0.0506 e. The van der Waals surface area contributed by atoms with Gasteiger partial charge >= 0.3 is 0 Å². The Hall–Kier alpha value is -0.120. The van der Waals surface area contributed by atoms with Crippen LogP contribution in [0, 0.1) is 17.8 Å². The number of rotatable bonds is 5. The van der Waals surface area contributed by atoms with E-state index in [2.05, 4.69) is 5.32 Å². The van der Waals surface area contributed by atoms with E-state index in [1.54, 1.807) is 0 Å². The lowest BCUT2D eigenvalue weighted by Crippen LogP contribution is -2.36. The van der Waals surface area contributed by atoms with E-state index in [4.69, 9.17) is 4.74 Å². The van der Waals surface area contributed by atoms with E-state index in [0.717, 1.165) is 26.3 Å². The molecule has 3 nitrogen and oxygen atoms in total. The fourth-order valence-corrected chi connectivity index (χ4v) is 3.23. The summed E-state index contributed by atoms with van der Waals surface area (Å²) in [6.07, 6.45) is 7.68. The Kier molecular flexibility index (Phi) is 5.75. The van der Waals surface area contributed by atoms with Crippen LogP contribution in [0.25, 0.3) is 0 Å². The Morgan fingerprint density at radius 3 is 2.53 bits per heavy atom. The molecule has 0 spiro atoms. The van der Waals surface area contributed by atoms with Crippen molar-refractivity contribution in [1.82, 2.24) is 5.32 Å². The number of nitrogens with one attached hydrogen (secondary N) is 1. The standard InChI is InChI=1S/C14H27NO2/c16-10-14-6-2-1-5-13(14)9-15-8-12-4-3-7-17-11-12/h12-16H,1-11H2. The van der Waals surface area contributed by atoms with Crippen molar-refractivity contribution in [2.45, 2.75) is 38.5 Å². The molecule has 17 heavy (non-hydrogen) atoms. The van der Waals surface area contributed by atoms with E-state index in [9.17, 15) is 5.11 Å². The Morgan fingerprint density at radius 2 is 1.82 bits per heavy atom. The van der Waals surface area contributed by atoms with Gasteiger partial charge < -0.3 is 15.2 Å². The van der Waals surface area contributed by atoms with Gasteiger partial charge in [-0.15, -0.1) is 0 Å². The molecule has 3 heteroatoms. The van der Waals surface area contributed by atoms with Gasteiger partial charge in [-0.25, -0.2) is 0 Å². The lowest BCUT2D eigenvalue weighted by molar-refractivity contribution is 0.0533. The van der Waals surface area contributed by atoms with Crippen molar-refractivity contribution in [2.75, 3.05) is 32.9 Å². The highest BCUT2D eigenvalue weighted by molar-refractivity contribution is 4.77. The molecule has 1 saturated carbocycles. The largest absolute Gasteiger partial charge is 0.396 e. The van der Waals surface area contributed by atoms with Crippen molar-refractivity contribution in [3.63, 3.8) is 0 Å². The number of aliphatic hydroxyl groups excluding tert-OH is 1. The molecule has 1 saturated heterocycles. The molecule has 100 valence electrons.